The number of carbonyl (C=O) groups is 2. The van der Waals surface area contributed by atoms with Gasteiger partial charge in [-0.1, -0.05) is 18.6 Å². The van der Waals surface area contributed by atoms with Gasteiger partial charge in [0.05, 0.1) is 25.9 Å². The maximum absolute atomic E-state index is 12.6. The van der Waals surface area contributed by atoms with Crippen molar-refractivity contribution in [1.29, 1.82) is 0 Å². The minimum Gasteiger partial charge on any atom is -0.464 e. The van der Waals surface area contributed by atoms with E-state index in [9.17, 15) is 9.59 Å². The summed E-state index contributed by atoms with van der Waals surface area (Å²) in [4.78, 5) is 29.1. The number of ether oxygens (including phenoxy) is 1. The molecule has 2 aromatic rings. The zero-order valence-corrected chi connectivity index (χ0v) is 15.8. The van der Waals surface area contributed by atoms with Crippen molar-refractivity contribution in [3.8, 4) is 0 Å². The first kappa shape index (κ1) is 18.5. The first-order chi connectivity index (χ1) is 12.5. The van der Waals surface area contributed by atoms with Crippen LogP contribution in [0.3, 0.4) is 0 Å². The quantitative estimate of drug-likeness (QED) is 0.716. The van der Waals surface area contributed by atoms with E-state index in [1.807, 2.05) is 25.1 Å². The van der Waals surface area contributed by atoms with Crippen LogP contribution in [-0.4, -0.2) is 43.6 Å². The molecule has 1 aliphatic rings. The molecule has 1 fully saturated rings. The highest BCUT2D eigenvalue weighted by molar-refractivity contribution is 6.11. The predicted molar refractivity (Wildman–Crippen MR) is 102 cm³/mol. The number of anilines is 1. The van der Waals surface area contributed by atoms with Crippen molar-refractivity contribution in [3.05, 3.63) is 29.5 Å². The maximum atomic E-state index is 12.6. The average Bonchev–Trinajstić information content (AvgIpc) is 2.99. The molecule has 1 saturated carbocycles. The Kier molecular flexibility index (Phi) is 5.61. The summed E-state index contributed by atoms with van der Waals surface area (Å²) >= 11 is 0. The van der Waals surface area contributed by atoms with Gasteiger partial charge in [-0.3, -0.25) is 4.79 Å². The molecule has 1 amide bonds. The van der Waals surface area contributed by atoms with Crippen LogP contribution in [0.4, 0.5) is 5.69 Å². The van der Waals surface area contributed by atoms with Crippen LogP contribution in [0.25, 0.3) is 10.9 Å². The largest absolute Gasteiger partial charge is 0.464 e. The normalized spacial score (nSPS) is 16.4. The molecule has 1 atom stereocenters. The summed E-state index contributed by atoms with van der Waals surface area (Å²) in [5.41, 5.74) is 2.69. The highest BCUT2D eigenvalue weighted by Crippen LogP contribution is 2.29. The van der Waals surface area contributed by atoms with Crippen LogP contribution in [0, 0.1) is 6.92 Å². The van der Waals surface area contributed by atoms with Gasteiger partial charge in [-0.15, -0.1) is 0 Å². The van der Waals surface area contributed by atoms with Crippen molar-refractivity contribution in [2.75, 3.05) is 26.0 Å². The van der Waals surface area contributed by atoms with E-state index >= 15 is 0 Å². The first-order valence-corrected chi connectivity index (χ1v) is 9.32. The second-order valence-corrected chi connectivity index (χ2v) is 7.32. The third kappa shape index (κ3) is 3.90. The number of esters is 1. The van der Waals surface area contributed by atoms with Gasteiger partial charge in [-0.25, -0.2) is 4.79 Å². The van der Waals surface area contributed by atoms with E-state index in [-0.39, 0.29) is 11.6 Å². The molecule has 1 aromatic carbocycles. The van der Waals surface area contributed by atoms with Gasteiger partial charge in [0.15, 0.2) is 6.54 Å². The van der Waals surface area contributed by atoms with Gasteiger partial charge in [0, 0.05) is 10.9 Å². The van der Waals surface area contributed by atoms with Crippen LogP contribution in [-0.2, 0) is 9.53 Å². The van der Waals surface area contributed by atoms with E-state index in [4.69, 9.17) is 4.74 Å². The smallest absolute Gasteiger partial charge is 0.356 e. The lowest BCUT2D eigenvalue weighted by atomic mass is 9.94. The summed E-state index contributed by atoms with van der Waals surface area (Å²) in [7, 11) is 3.42. The lowest BCUT2D eigenvalue weighted by molar-refractivity contribution is -0.899. The molecule has 3 N–H and O–H groups in total. The van der Waals surface area contributed by atoms with Crippen molar-refractivity contribution in [3.63, 3.8) is 0 Å². The monoisotopic (exact) mass is 358 g/mol. The molecule has 140 valence electrons. The lowest BCUT2D eigenvalue weighted by Crippen LogP contribution is -3.14. The fourth-order valence-corrected chi connectivity index (χ4v) is 3.87. The molecule has 26 heavy (non-hydrogen) atoms. The van der Waals surface area contributed by atoms with Gasteiger partial charge >= 0.3 is 5.97 Å². The number of hydrogen-bond donors (Lipinski definition) is 3. The first-order valence-electron chi connectivity index (χ1n) is 9.32. The highest BCUT2D eigenvalue weighted by atomic mass is 16.5. The second kappa shape index (κ2) is 7.91. The molecule has 1 aromatic heterocycles. The molecule has 1 unspecified atom stereocenters. The van der Waals surface area contributed by atoms with E-state index in [2.05, 4.69) is 17.3 Å². The molecule has 0 bridgehead atoms. The van der Waals surface area contributed by atoms with Crippen LogP contribution in [0.2, 0.25) is 0 Å². The zero-order chi connectivity index (χ0) is 18.7. The van der Waals surface area contributed by atoms with Crippen LogP contribution >= 0.6 is 0 Å². The standard InChI is InChI=1S/C20H27N3O3/c1-13-9-10-15-16(11-13)21-19(20(25)26-3)18(15)22-17(24)12-23(2)14-7-5-4-6-8-14/h9-11,14,21H,4-8,12H2,1-3H3,(H,22,24)/p+1. The van der Waals surface area contributed by atoms with Crippen molar-refractivity contribution in [1.82, 2.24) is 4.98 Å². The van der Waals surface area contributed by atoms with Crippen LogP contribution in [0.15, 0.2) is 18.2 Å². The Bertz CT molecular complexity index is 806. The lowest BCUT2D eigenvalue weighted by Gasteiger charge is -2.27. The number of aromatic amines is 1. The summed E-state index contributed by atoms with van der Waals surface area (Å²) in [5.74, 6) is -0.568. The molecular weight excluding hydrogens is 330 g/mol. The Balaban J connectivity index is 1.80. The Hall–Kier alpha value is -2.34. The topological polar surface area (TPSA) is 75.6 Å². The molecule has 1 heterocycles. The van der Waals surface area contributed by atoms with Crippen LogP contribution < -0.4 is 10.2 Å². The van der Waals surface area contributed by atoms with Crippen molar-refractivity contribution < 1.29 is 19.2 Å². The van der Waals surface area contributed by atoms with Gasteiger partial charge in [0.1, 0.15) is 5.69 Å². The minimum absolute atomic E-state index is 0.0836. The minimum atomic E-state index is -0.484. The number of nitrogens with one attached hydrogen (secondary N) is 3. The predicted octanol–water partition coefficient (Wildman–Crippen LogP) is 2.05. The highest BCUT2D eigenvalue weighted by Gasteiger charge is 2.25. The molecule has 0 aliphatic heterocycles. The number of fused-ring (bicyclic) bond motifs is 1. The molecule has 6 nitrogen and oxygen atoms in total. The zero-order valence-electron chi connectivity index (χ0n) is 15.8. The molecule has 0 spiro atoms. The Morgan fingerprint density at radius 3 is 2.69 bits per heavy atom. The fraction of sp³-hybridized carbons (Fsp3) is 0.500. The SMILES string of the molecule is COC(=O)c1[nH]c2cc(C)ccc2c1NC(=O)C[NH+](C)C1CCCCC1. The van der Waals surface area contributed by atoms with Gasteiger partial charge in [-0.2, -0.15) is 0 Å². The van der Waals surface area contributed by atoms with Gasteiger partial charge in [0.25, 0.3) is 5.91 Å². The number of carbonyl (C=O) groups excluding carboxylic acids is 2. The van der Waals surface area contributed by atoms with Crippen molar-refractivity contribution in [2.45, 2.75) is 45.1 Å². The van der Waals surface area contributed by atoms with Gasteiger partial charge < -0.3 is 19.9 Å². The second-order valence-electron chi connectivity index (χ2n) is 7.32. The number of benzene rings is 1. The van der Waals surface area contributed by atoms with Crippen LogP contribution in [0.5, 0.6) is 0 Å². The maximum Gasteiger partial charge on any atom is 0.356 e. The number of methoxy groups -OCH3 is 1. The molecule has 1 aliphatic carbocycles. The average molecular weight is 358 g/mol. The summed E-state index contributed by atoms with van der Waals surface area (Å²) in [5, 5.41) is 3.77. The Morgan fingerprint density at radius 2 is 2.00 bits per heavy atom. The number of aryl methyl sites for hydroxylation is 1. The summed E-state index contributed by atoms with van der Waals surface area (Å²) in [6.45, 7) is 2.38. The van der Waals surface area contributed by atoms with Crippen molar-refractivity contribution in [2.24, 2.45) is 0 Å². The van der Waals surface area contributed by atoms with E-state index < -0.39 is 5.97 Å². The van der Waals surface area contributed by atoms with Crippen molar-refractivity contribution >= 4 is 28.5 Å². The van der Waals surface area contributed by atoms with E-state index in [0.717, 1.165) is 16.5 Å². The van der Waals surface area contributed by atoms with E-state index in [1.165, 1.54) is 44.1 Å². The number of quaternary nitrogens is 1. The molecular formula is C20H28N3O3+. The summed E-state index contributed by atoms with van der Waals surface area (Å²) in [6, 6.07) is 6.38. The molecule has 6 heteroatoms. The van der Waals surface area contributed by atoms with E-state index in [1.54, 1.807) is 0 Å². The Labute approximate surface area is 153 Å². The third-order valence-electron chi connectivity index (χ3n) is 5.35. The number of amides is 1. The Morgan fingerprint density at radius 1 is 1.27 bits per heavy atom. The molecule has 3 rings (SSSR count). The van der Waals surface area contributed by atoms with E-state index in [0.29, 0.717) is 18.3 Å². The fourth-order valence-electron chi connectivity index (χ4n) is 3.87. The van der Waals surface area contributed by atoms with Gasteiger partial charge in [-0.05, 0) is 44.2 Å². The summed E-state index contributed by atoms with van der Waals surface area (Å²) < 4.78 is 4.87. The number of rotatable bonds is 5. The number of aromatic nitrogens is 1. The number of hydrogen-bond acceptors (Lipinski definition) is 3. The number of likely N-dealkylation sites (N-methyl/N-ethyl adjacent to an activating group) is 1. The van der Waals surface area contributed by atoms with Gasteiger partial charge in [0.2, 0.25) is 0 Å². The molecule has 0 saturated heterocycles. The van der Waals surface area contributed by atoms with Crippen LogP contribution in [0.1, 0.15) is 48.2 Å². The molecule has 0 radical (unpaired) electrons. The number of H-pyrrole nitrogens is 1. The third-order valence-corrected chi connectivity index (χ3v) is 5.35. The summed E-state index contributed by atoms with van der Waals surface area (Å²) in [6.07, 6.45) is 6.15.